The minimum absolute atomic E-state index is 0.0940. The number of carbonyl (C=O) groups excluding carboxylic acids is 1. The third-order valence-electron chi connectivity index (χ3n) is 5.60. The van der Waals surface area contributed by atoms with Gasteiger partial charge in [-0.3, -0.25) is 4.79 Å². The normalized spacial score (nSPS) is 18.0. The Hall–Kier alpha value is -2.38. The van der Waals surface area contributed by atoms with Crippen LogP contribution in [-0.2, 0) is 28.0 Å². The van der Waals surface area contributed by atoms with E-state index in [0.717, 1.165) is 28.2 Å². The number of methoxy groups -OCH3 is 1. The molecule has 2 aromatic rings. The van der Waals surface area contributed by atoms with E-state index in [0.29, 0.717) is 43.8 Å². The molecule has 0 bridgehead atoms. The number of thiophene rings is 1. The summed E-state index contributed by atoms with van der Waals surface area (Å²) in [5.41, 5.74) is 1.58. The van der Waals surface area contributed by atoms with E-state index in [2.05, 4.69) is 0 Å². The van der Waals surface area contributed by atoms with Crippen LogP contribution in [0.25, 0.3) is 0 Å². The van der Waals surface area contributed by atoms with Gasteiger partial charge in [0.15, 0.2) is 0 Å². The number of aromatic carboxylic acids is 1. The molecule has 1 fully saturated rings. The lowest BCUT2D eigenvalue weighted by Gasteiger charge is -2.43. The molecular weight excluding hydrogens is 378 g/mol. The summed E-state index contributed by atoms with van der Waals surface area (Å²) in [6.07, 6.45) is 2.49. The molecule has 2 aliphatic rings. The van der Waals surface area contributed by atoms with Gasteiger partial charge in [0, 0.05) is 18.0 Å². The molecule has 0 radical (unpaired) electrons. The number of hydrogen-bond acceptors (Lipinski definition) is 5. The molecule has 3 heterocycles. The van der Waals surface area contributed by atoms with Gasteiger partial charge in [-0.1, -0.05) is 12.1 Å². The Morgan fingerprint density at radius 2 is 2.07 bits per heavy atom. The summed E-state index contributed by atoms with van der Waals surface area (Å²) in [5.74, 6) is -0.0463. The van der Waals surface area contributed by atoms with E-state index in [1.807, 2.05) is 29.2 Å². The number of carbonyl (C=O) groups is 2. The van der Waals surface area contributed by atoms with Crippen molar-refractivity contribution < 1.29 is 24.2 Å². The third kappa shape index (κ3) is 3.52. The smallest absolute Gasteiger partial charge is 0.345 e. The van der Waals surface area contributed by atoms with Crippen molar-refractivity contribution in [1.82, 2.24) is 4.90 Å². The molecule has 4 rings (SSSR count). The zero-order valence-corrected chi connectivity index (χ0v) is 16.6. The van der Waals surface area contributed by atoms with Crippen LogP contribution in [0.5, 0.6) is 5.75 Å². The first kappa shape index (κ1) is 19.0. The van der Waals surface area contributed by atoms with Gasteiger partial charge < -0.3 is 19.5 Å². The van der Waals surface area contributed by atoms with Crippen molar-refractivity contribution >= 4 is 23.2 Å². The molecule has 1 aromatic heterocycles. The van der Waals surface area contributed by atoms with E-state index in [9.17, 15) is 14.7 Å². The van der Waals surface area contributed by atoms with Gasteiger partial charge in [0.1, 0.15) is 16.2 Å². The van der Waals surface area contributed by atoms with Crippen molar-refractivity contribution in [2.24, 2.45) is 0 Å². The summed E-state index contributed by atoms with van der Waals surface area (Å²) in [5, 5.41) is 9.32. The molecule has 28 heavy (non-hydrogen) atoms. The fraction of sp³-hybridized carbons (Fsp3) is 0.429. The quantitative estimate of drug-likeness (QED) is 0.852. The highest BCUT2D eigenvalue weighted by atomic mass is 32.1. The van der Waals surface area contributed by atoms with Crippen LogP contribution in [0, 0.1) is 0 Å². The lowest BCUT2D eigenvalue weighted by molar-refractivity contribution is -0.139. The number of fused-ring (bicyclic) bond motifs is 2. The maximum absolute atomic E-state index is 12.7. The lowest BCUT2D eigenvalue weighted by Crippen LogP contribution is -2.48. The number of carboxylic acids is 1. The summed E-state index contributed by atoms with van der Waals surface area (Å²) in [4.78, 5) is 27.4. The van der Waals surface area contributed by atoms with Crippen LogP contribution in [-0.4, -0.2) is 48.7 Å². The summed E-state index contributed by atoms with van der Waals surface area (Å²) >= 11 is 1.32. The second kappa shape index (κ2) is 7.56. The molecular formula is C21H23NO5S. The van der Waals surface area contributed by atoms with Gasteiger partial charge in [0.2, 0.25) is 5.91 Å². The third-order valence-corrected chi connectivity index (χ3v) is 6.95. The Balaban J connectivity index is 1.45. The molecule has 2 aliphatic heterocycles. The summed E-state index contributed by atoms with van der Waals surface area (Å²) in [7, 11) is 1.61. The minimum Gasteiger partial charge on any atom is -0.497 e. The largest absolute Gasteiger partial charge is 0.497 e. The average molecular weight is 401 g/mol. The van der Waals surface area contributed by atoms with Crippen LogP contribution in [0.15, 0.2) is 30.3 Å². The molecule has 1 amide bonds. The van der Waals surface area contributed by atoms with Gasteiger partial charge in [0.25, 0.3) is 0 Å². The molecule has 148 valence electrons. The Bertz CT molecular complexity index is 898. The summed E-state index contributed by atoms with van der Waals surface area (Å²) in [6.45, 7) is 1.83. The molecule has 1 spiro atoms. The fourth-order valence-electron chi connectivity index (χ4n) is 4.08. The Morgan fingerprint density at radius 3 is 2.79 bits per heavy atom. The van der Waals surface area contributed by atoms with Crippen molar-refractivity contribution in [2.75, 3.05) is 26.8 Å². The van der Waals surface area contributed by atoms with E-state index in [4.69, 9.17) is 9.47 Å². The minimum atomic E-state index is -0.888. The maximum atomic E-state index is 12.7. The second-order valence-electron chi connectivity index (χ2n) is 7.27. The van der Waals surface area contributed by atoms with Crippen molar-refractivity contribution in [1.29, 1.82) is 0 Å². The molecule has 0 atom stereocenters. The topological polar surface area (TPSA) is 76.1 Å². The second-order valence-corrected chi connectivity index (χ2v) is 8.32. The standard InChI is InChI=1S/C21H23NO5S/c1-26-16-4-2-3-14(11-16)12-18(23)22-8-6-21(7-9-22)19-15(5-10-27-21)13-17(28-19)20(24)25/h2-4,11,13H,5-10,12H2,1H3,(H,24,25). The molecule has 1 saturated heterocycles. The zero-order valence-electron chi connectivity index (χ0n) is 15.8. The van der Waals surface area contributed by atoms with Gasteiger partial charge in [-0.05, 0) is 48.6 Å². The summed E-state index contributed by atoms with van der Waals surface area (Å²) < 4.78 is 11.4. The Labute approximate surface area is 167 Å². The summed E-state index contributed by atoms with van der Waals surface area (Å²) in [6, 6.07) is 9.36. The fourth-order valence-corrected chi connectivity index (χ4v) is 5.33. The Morgan fingerprint density at radius 1 is 1.29 bits per heavy atom. The van der Waals surface area contributed by atoms with Crippen molar-refractivity contribution in [3.8, 4) is 5.75 Å². The number of ether oxygens (including phenoxy) is 2. The first-order valence-electron chi connectivity index (χ1n) is 9.42. The highest BCUT2D eigenvalue weighted by Crippen LogP contribution is 2.45. The van der Waals surface area contributed by atoms with Crippen LogP contribution in [0.2, 0.25) is 0 Å². The number of likely N-dealkylation sites (tertiary alicyclic amines) is 1. The SMILES string of the molecule is COc1cccc(CC(=O)N2CCC3(CC2)OCCc2cc(C(=O)O)sc23)c1. The van der Waals surface area contributed by atoms with Crippen molar-refractivity contribution in [3.63, 3.8) is 0 Å². The van der Waals surface area contributed by atoms with E-state index in [1.165, 1.54) is 11.3 Å². The molecule has 0 saturated carbocycles. The number of piperidine rings is 1. The van der Waals surface area contributed by atoms with Crippen molar-refractivity contribution in [3.05, 3.63) is 51.2 Å². The Kier molecular flexibility index (Phi) is 5.12. The molecule has 1 N–H and O–H groups in total. The first-order valence-corrected chi connectivity index (χ1v) is 10.2. The maximum Gasteiger partial charge on any atom is 0.345 e. The van der Waals surface area contributed by atoms with Gasteiger partial charge in [-0.25, -0.2) is 4.79 Å². The first-order chi connectivity index (χ1) is 13.5. The lowest BCUT2D eigenvalue weighted by atomic mass is 9.85. The predicted octanol–water partition coefficient (Wildman–Crippen LogP) is 3.09. The van der Waals surface area contributed by atoms with Crippen LogP contribution < -0.4 is 4.74 Å². The average Bonchev–Trinajstić information content (AvgIpc) is 3.15. The molecule has 0 aliphatic carbocycles. The number of benzene rings is 1. The number of rotatable bonds is 4. The van der Waals surface area contributed by atoms with Crippen LogP contribution >= 0.6 is 11.3 Å². The molecule has 7 heteroatoms. The highest BCUT2D eigenvalue weighted by Gasteiger charge is 2.43. The number of nitrogens with zero attached hydrogens (tertiary/aromatic N) is 1. The predicted molar refractivity (Wildman–Crippen MR) is 105 cm³/mol. The van der Waals surface area contributed by atoms with Gasteiger partial charge >= 0.3 is 5.97 Å². The molecule has 1 aromatic carbocycles. The van der Waals surface area contributed by atoms with E-state index >= 15 is 0 Å². The molecule has 6 nitrogen and oxygen atoms in total. The molecule has 0 unspecified atom stereocenters. The number of hydrogen-bond donors (Lipinski definition) is 1. The van der Waals surface area contributed by atoms with E-state index < -0.39 is 11.6 Å². The van der Waals surface area contributed by atoms with Crippen LogP contribution in [0.4, 0.5) is 0 Å². The van der Waals surface area contributed by atoms with Gasteiger partial charge in [-0.15, -0.1) is 11.3 Å². The van der Waals surface area contributed by atoms with Gasteiger partial charge in [0.05, 0.1) is 20.1 Å². The van der Waals surface area contributed by atoms with E-state index in [1.54, 1.807) is 13.2 Å². The number of amides is 1. The number of carboxylic acid groups (broad SMARTS) is 1. The zero-order chi connectivity index (χ0) is 19.7. The van der Waals surface area contributed by atoms with Gasteiger partial charge in [-0.2, -0.15) is 0 Å². The monoisotopic (exact) mass is 401 g/mol. The van der Waals surface area contributed by atoms with Crippen LogP contribution in [0.1, 0.15) is 38.5 Å². The van der Waals surface area contributed by atoms with Crippen LogP contribution in [0.3, 0.4) is 0 Å². The van der Waals surface area contributed by atoms with E-state index in [-0.39, 0.29) is 5.91 Å². The van der Waals surface area contributed by atoms with Crippen molar-refractivity contribution in [2.45, 2.75) is 31.3 Å². The highest BCUT2D eigenvalue weighted by molar-refractivity contribution is 7.14.